The van der Waals surface area contributed by atoms with Crippen molar-refractivity contribution in [2.45, 2.75) is 63.9 Å². The lowest BCUT2D eigenvalue weighted by molar-refractivity contribution is -0.138. The zero-order chi connectivity index (χ0) is 22.2. The normalized spacial score (nSPS) is 14.9. The van der Waals surface area contributed by atoms with Crippen molar-refractivity contribution in [3.05, 3.63) is 70.2 Å². The van der Waals surface area contributed by atoms with Crippen LogP contribution in [0.3, 0.4) is 0 Å². The highest BCUT2D eigenvalue weighted by molar-refractivity contribution is 7.99. The van der Waals surface area contributed by atoms with Crippen molar-refractivity contribution < 1.29 is 9.59 Å². The number of halogens is 1. The molecule has 2 amide bonds. The summed E-state index contributed by atoms with van der Waals surface area (Å²) in [5, 5.41) is 3.84. The fraction of sp³-hybridized carbons (Fsp3) is 0.440. The van der Waals surface area contributed by atoms with Crippen molar-refractivity contribution in [3.63, 3.8) is 0 Å². The Morgan fingerprint density at radius 3 is 2.52 bits per heavy atom. The van der Waals surface area contributed by atoms with Gasteiger partial charge in [0.15, 0.2) is 0 Å². The summed E-state index contributed by atoms with van der Waals surface area (Å²) in [6, 6.07) is 15.5. The van der Waals surface area contributed by atoms with Gasteiger partial charge in [0, 0.05) is 23.4 Å². The quantitative estimate of drug-likeness (QED) is 0.550. The third-order valence-corrected chi connectivity index (χ3v) is 6.95. The molecule has 1 N–H and O–H groups in total. The molecule has 0 bridgehead atoms. The van der Waals surface area contributed by atoms with Gasteiger partial charge in [0.1, 0.15) is 6.04 Å². The number of carbonyl (C=O) groups excluding carboxylic acids is 2. The average Bonchev–Trinajstić information content (AvgIpc) is 3.26. The summed E-state index contributed by atoms with van der Waals surface area (Å²) in [5.74, 6) is 0.932. The van der Waals surface area contributed by atoms with E-state index in [9.17, 15) is 9.59 Å². The molecule has 0 spiro atoms. The van der Waals surface area contributed by atoms with E-state index in [1.807, 2.05) is 62.4 Å². The predicted molar refractivity (Wildman–Crippen MR) is 129 cm³/mol. The lowest BCUT2D eigenvalue weighted by atomic mass is 10.1. The van der Waals surface area contributed by atoms with Crippen molar-refractivity contribution in [1.82, 2.24) is 10.2 Å². The van der Waals surface area contributed by atoms with Crippen molar-refractivity contribution in [3.8, 4) is 0 Å². The maximum atomic E-state index is 13.2. The molecule has 1 fully saturated rings. The molecule has 1 atom stereocenters. The topological polar surface area (TPSA) is 49.4 Å². The molecule has 1 saturated carbocycles. The number of thioether (sulfide) groups is 1. The third-order valence-electron chi connectivity index (χ3n) is 5.73. The molecule has 31 heavy (non-hydrogen) atoms. The number of rotatable bonds is 9. The Hall–Kier alpha value is -1.98. The number of aryl methyl sites for hydroxylation is 1. The van der Waals surface area contributed by atoms with Crippen LogP contribution in [-0.2, 0) is 21.9 Å². The number of benzene rings is 2. The Bertz CT molecular complexity index is 881. The molecule has 2 aromatic rings. The third kappa shape index (κ3) is 7.29. The smallest absolute Gasteiger partial charge is 0.242 e. The van der Waals surface area contributed by atoms with Gasteiger partial charge in [0.05, 0.1) is 5.75 Å². The van der Waals surface area contributed by atoms with E-state index in [0.29, 0.717) is 23.1 Å². The zero-order valence-electron chi connectivity index (χ0n) is 18.3. The highest BCUT2D eigenvalue weighted by Gasteiger charge is 2.28. The van der Waals surface area contributed by atoms with Crippen molar-refractivity contribution in [2.24, 2.45) is 0 Å². The van der Waals surface area contributed by atoms with Gasteiger partial charge in [-0.05, 0) is 49.9 Å². The number of nitrogens with one attached hydrogen (secondary N) is 1. The van der Waals surface area contributed by atoms with Gasteiger partial charge in [-0.3, -0.25) is 9.59 Å². The largest absolute Gasteiger partial charge is 0.352 e. The van der Waals surface area contributed by atoms with E-state index in [2.05, 4.69) is 5.32 Å². The van der Waals surface area contributed by atoms with Gasteiger partial charge in [-0.15, -0.1) is 11.8 Å². The average molecular weight is 459 g/mol. The minimum absolute atomic E-state index is 0.0262. The predicted octanol–water partition coefficient (Wildman–Crippen LogP) is 5.36. The van der Waals surface area contributed by atoms with Crippen LogP contribution < -0.4 is 5.32 Å². The van der Waals surface area contributed by atoms with Crippen LogP contribution >= 0.6 is 23.4 Å². The Kier molecular flexibility index (Phi) is 8.85. The van der Waals surface area contributed by atoms with E-state index in [1.54, 1.807) is 16.7 Å². The van der Waals surface area contributed by atoms with E-state index in [4.69, 9.17) is 11.6 Å². The van der Waals surface area contributed by atoms with Crippen LogP contribution in [0.5, 0.6) is 0 Å². The van der Waals surface area contributed by atoms with Crippen LogP contribution in [0.15, 0.2) is 48.5 Å². The lowest BCUT2D eigenvalue weighted by Crippen LogP contribution is -2.50. The number of nitrogens with zero attached hydrogens (tertiary/aromatic N) is 1. The SMILES string of the molecule is Cc1ccc(CN(C(=O)CSCc2cccc(Cl)c2)C(C)C(=O)NC2CCCC2)cc1. The minimum atomic E-state index is -0.513. The first kappa shape index (κ1) is 23.7. The fourth-order valence-corrected chi connectivity index (χ4v) is 4.90. The summed E-state index contributed by atoms with van der Waals surface area (Å²) < 4.78 is 0. The summed E-state index contributed by atoms with van der Waals surface area (Å²) in [4.78, 5) is 27.8. The van der Waals surface area contributed by atoms with E-state index < -0.39 is 6.04 Å². The summed E-state index contributed by atoms with van der Waals surface area (Å²) in [6.45, 7) is 4.30. The summed E-state index contributed by atoms with van der Waals surface area (Å²) >= 11 is 7.60. The van der Waals surface area contributed by atoms with Gasteiger partial charge in [-0.1, -0.05) is 66.4 Å². The number of amides is 2. The molecule has 4 nitrogen and oxygen atoms in total. The van der Waals surface area contributed by atoms with Gasteiger partial charge >= 0.3 is 0 Å². The Balaban J connectivity index is 1.64. The molecular weight excluding hydrogens is 428 g/mol. The maximum Gasteiger partial charge on any atom is 0.242 e. The molecule has 0 aliphatic heterocycles. The van der Waals surface area contributed by atoms with Crippen LogP contribution in [0.1, 0.15) is 49.3 Å². The van der Waals surface area contributed by atoms with E-state index in [1.165, 1.54) is 5.56 Å². The number of carbonyl (C=O) groups is 2. The van der Waals surface area contributed by atoms with Crippen LogP contribution in [-0.4, -0.2) is 34.6 Å². The molecule has 0 radical (unpaired) electrons. The van der Waals surface area contributed by atoms with Crippen LogP contribution in [0, 0.1) is 6.92 Å². The second-order valence-electron chi connectivity index (χ2n) is 8.30. The van der Waals surface area contributed by atoms with E-state index >= 15 is 0 Å². The molecule has 2 aromatic carbocycles. The van der Waals surface area contributed by atoms with Crippen LogP contribution in [0.4, 0.5) is 0 Å². The van der Waals surface area contributed by atoms with Gasteiger partial charge < -0.3 is 10.2 Å². The number of hydrogen-bond donors (Lipinski definition) is 1. The standard InChI is InChI=1S/C25H31ClN2O2S/c1-18-10-12-20(13-11-18)15-28(19(2)25(30)27-23-8-3-4-9-23)24(29)17-31-16-21-6-5-7-22(26)14-21/h5-7,10-14,19,23H,3-4,8-9,15-17H2,1-2H3,(H,27,30). The first-order valence-corrected chi connectivity index (χ1v) is 12.4. The minimum Gasteiger partial charge on any atom is -0.352 e. The highest BCUT2D eigenvalue weighted by atomic mass is 35.5. The molecule has 1 aliphatic carbocycles. The highest BCUT2D eigenvalue weighted by Crippen LogP contribution is 2.20. The molecule has 166 valence electrons. The van der Waals surface area contributed by atoms with Crippen LogP contribution in [0.2, 0.25) is 5.02 Å². The van der Waals surface area contributed by atoms with Crippen LogP contribution in [0.25, 0.3) is 0 Å². The maximum absolute atomic E-state index is 13.2. The first-order valence-electron chi connectivity index (χ1n) is 10.9. The van der Waals surface area contributed by atoms with E-state index in [0.717, 1.165) is 36.8 Å². The van der Waals surface area contributed by atoms with Crippen molar-refractivity contribution >= 4 is 35.2 Å². The second-order valence-corrected chi connectivity index (χ2v) is 9.72. The van der Waals surface area contributed by atoms with Gasteiger partial charge in [-0.25, -0.2) is 0 Å². The van der Waals surface area contributed by atoms with Gasteiger partial charge in [-0.2, -0.15) is 0 Å². The molecule has 6 heteroatoms. The summed E-state index contributed by atoms with van der Waals surface area (Å²) in [6.07, 6.45) is 4.37. The van der Waals surface area contributed by atoms with E-state index in [-0.39, 0.29) is 17.9 Å². The Morgan fingerprint density at radius 1 is 1.13 bits per heavy atom. The summed E-state index contributed by atoms with van der Waals surface area (Å²) in [5.41, 5.74) is 3.28. The molecular formula is C25H31ClN2O2S. The molecule has 3 rings (SSSR count). The van der Waals surface area contributed by atoms with Gasteiger partial charge in [0.2, 0.25) is 11.8 Å². The lowest BCUT2D eigenvalue weighted by Gasteiger charge is -2.29. The monoisotopic (exact) mass is 458 g/mol. The molecule has 0 aromatic heterocycles. The molecule has 0 heterocycles. The zero-order valence-corrected chi connectivity index (χ0v) is 19.8. The summed E-state index contributed by atoms with van der Waals surface area (Å²) in [7, 11) is 0. The Morgan fingerprint density at radius 2 is 1.84 bits per heavy atom. The molecule has 1 aliphatic rings. The Labute approximate surface area is 194 Å². The number of hydrogen-bond acceptors (Lipinski definition) is 3. The van der Waals surface area contributed by atoms with Crippen molar-refractivity contribution in [2.75, 3.05) is 5.75 Å². The molecule has 1 unspecified atom stereocenters. The fourth-order valence-electron chi connectivity index (χ4n) is 3.83. The van der Waals surface area contributed by atoms with Gasteiger partial charge in [0.25, 0.3) is 0 Å². The second kappa shape index (κ2) is 11.6. The molecule has 0 saturated heterocycles. The van der Waals surface area contributed by atoms with Crippen molar-refractivity contribution in [1.29, 1.82) is 0 Å². The first-order chi connectivity index (χ1) is 14.9.